The van der Waals surface area contributed by atoms with Crippen LogP contribution in [0.3, 0.4) is 0 Å². The molecule has 1 unspecified atom stereocenters. The van der Waals surface area contributed by atoms with Gasteiger partial charge < -0.3 is 4.74 Å². The number of carbonyl (C=O) groups excluding carboxylic acids is 1. The molecule has 1 saturated heterocycles. The quantitative estimate of drug-likeness (QED) is 0.563. The van der Waals surface area contributed by atoms with E-state index in [0.717, 1.165) is 11.1 Å². The summed E-state index contributed by atoms with van der Waals surface area (Å²) >= 11 is 0. The molecule has 3 heterocycles. The lowest BCUT2D eigenvalue weighted by Crippen LogP contribution is -2.41. The predicted octanol–water partition coefficient (Wildman–Crippen LogP) is 2.21. The van der Waals surface area contributed by atoms with Crippen molar-refractivity contribution in [1.29, 1.82) is 0 Å². The molecule has 0 N–H and O–H groups in total. The van der Waals surface area contributed by atoms with E-state index in [4.69, 9.17) is 4.74 Å². The molecule has 1 fully saturated rings. The Balaban J connectivity index is 1.52. The number of hydrogen-bond acceptors (Lipinski definition) is 6. The number of hydrogen-bond donors (Lipinski definition) is 0. The first-order chi connectivity index (χ1) is 14.8. The van der Waals surface area contributed by atoms with Gasteiger partial charge in [-0.1, -0.05) is 23.8 Å². The number of sulfonamides is 1. The molecule has 1 aliphatic heterocycles. The Bertz CT molecular complexity index is 1300. The van der Waals surface area contributed by atoms with Crippen LogP contribution in [0.25, 0.3) is 5.65 Å². The van der Waals surface area contributed by atoms with Crippen molar-refractivity contribution in [2.24, 2.45) is 0 Å². The van der Waals surface area contributed by atoms with Gasteiger partial charge in [-0.25, -0.2) is 13.4 Å². The molecule has 1 atom stereocenters. The van der Waals surface area contributed by atoms with E-state index in [9.17, 15) is 18.0 Å². The van der Waals surface area contributed by atoms with Crippen molar-refractivity contribution in [3.63, 3.8) is 0 Å². The highest BCUT2D eigenvalue weighted by Crippen LogP contribution is 2.27. The molecular weight excluding hydrogens is 418 g/mol. The van der Waals surface area contributed by atoms with Crippen molar-refractivity contribution in [1.82, 2.24) is 13.7 Å². The molecule has 0 radical (unpaired) electrons. The third-order valence-corrected chi connectivity index (χ3v) is 7.33. The molecule has 9 heteroatoms. The average Bonchev–Trinajstić information content (AvgIpc) is 3.24. The van der Waals surface area contributed by atoms with Gasteiger partial charge in [0.05, 0.1) is 10.6 Å². The molecule has 0 spiro atoms. The van der Waals surface area contributed by atoms with E-state index in [-0.39, 0.29) is 23.6 Å². The smallest absolute Gasteiger partial charge is 0.324 e. The molecule has 8 nitrogen and oxygen atoms in total. The Kier molecular flexibility index (Phi) is 5.63. The maximum Gasteiger partial charge on any atom is 0.324 e. The van der Waals surface area contributed by atoms with Gasteiger partial charge in [-0.2, -0.15) is 4.31 Å². The lowest BCUT2D eigenvalue weighted by molar-refractivity contribution is -0.148. The van der Waals surface area contributed by atoms with Crippen LogP contribution in [0.15, 0.2) is 58.4 Å². The van der Waals surface area contributed by atoms with Crippen molar-refractivity contribution in [3.8, 4) is 0 Å². The Labute approximate surface area is 180 Å². The van der Waals surface area contributed by atoms with E-state index in [1.165, 1.54) is 14.8 Å². The molecule has 1 aliphatic rings. The van der Waals surface area contributed by atoms with Gasteiger partial charge in [0, 0.05) is 18.8 Å². The zero-order valence-electron chi connectivity index (χ0n) is 17.3. The summed E-state index contributed by atoms with van der Waals surface area (Å²) in [4.78, 5) is 29.6. The standard InChI is InChI=1S/C22H23N3O5S/c1-15-7-9-18(10-8-15)31(28,29)25-12-4-6-19(25)22(27)30-14-17-13-20(26)24-11-3-5-16(2)21(24)23-17/h3,5,7-11,13,19H,4,6,12,14H2,1-2H3. The van der Waals surface area contributed by atoms with Crippen LogP contribution in [0.2, 0.25) is 0 Å². The van der Waals surface area contributed by atoms with Gasteiger partial charge >= 0.3 is 5.97 Å². The summed E-state index contributed by atoms with van der Waals surface area (Å²) in [7, 11) is -3.81. The summed E-state index contributed by atoms with van der Waals surface area (Å²) in [5.74, 6) is -0.639. The second kappa shape index (κ2) is 8.24. The van der Waals surface area contributed by atoms with Gasteiger partial charge in [-0.3, -0.25) is 14.0 Å². The maximum absolute atomic E-state index is 13.0. The van der Waals surface area contributed by atoms with Crippen LogP contribution in [0, 0.1) is 13.8 Å². The van der Waals surface area contributed by atoms with Gasteiger partial charge in [0.1, 0.15) is 18.3 Å². The van der Waals surface area contributed by atoms with Crippen LogP contribution >= 0.6 is 0 Å². The van der Waals surface area contributed by atoms with Crippen molar-refractivity contribution in [2.45, 2.75) is 44.2 Å². The Morgan fingerprint density at radius 1 is 1.19 bits per heavy atom. The van der Waals surface area contributed by atoms with E-state index >= 15 is 0 Å². The molecule has 0 aliphatic carbocycles. The molecule has 4 rings (SSSR count). The number of rotatable bonds is 5. The fourth-order valence-electron chi connectivity index (χ4n) is 3.73. The summed E-state index contributed by atoms with van der Waals surface area (Å²) < 4.78 is 34.1. The number of aromatic nitrogens is 2. The van der Waals surface area contributed by atoms with Crippen LogP contribution in [0.4, 0.5) is 0 Å². The van der Waals surface area contributed by atoms with Gasteiger partial charge in [0.25, 0.3) is 5.56 Å². The Morgan fingerprint density at radius 3 is 2.68 bits per heavy atom. The maximum atomic E-state index is 13.0. The fourth-order valence-corrected chi connectivity index (χ4v) is 5.38. The fraction of sp³-hybridized carbons (Fsp3) is 0.318. The lowest BCUT2D eigenvalue weighted by Gasteiger charge is -2.22. The molecule has 162 valence electrons. The molecule has 3 aromatic rings. The Morgan fingerprint density at radius 2 is 1.94 bits per heavy atom. The van der Waals surface area contributed by atoms with Gasteiger partial charge in [-0.05, 0) is 50.5 Å². The number of nitrogens with zero attached hydrogens (tertiary/aromatic N) is 3. The zero-order valence-corrected chi connectivity index (χ0v) is 18.1. The third-order valence-electron chi connectivity index (χ3n) is 5.40. The van der Waals surface area contributed by atoms with E-state index < -0.39 is 22.0 Å². The summed E-state index contributed by atoms with van der Waals surface area (Å²) in [6.45, 7) is 3.77. The number of fused-ring (bicyclic) bond motifs is 1. The molecule has 0 amide bonds. The molecule has 31 heavy (non-hydrogen) atoms. The van der Waals surface area contributed by atoms with Crippen LogP contribution < -0.4 is 5.56 Å². The summed E-state index contributed by atoms with van der Waals surface area (Å²) in [6, 6.07) is 10.5. The molecule has 0 bridgehead atoms. The molecule has 0 saturated carbocycles. The molecule has 1 aromatic carbocycles. The van der Waals surface area contributed by atoms with Crippen LogP contribution in [0.5, 0.6) is 0 Å². The predicted molar refractivity (Wildman–Crippen MR) is 114 cm³/mol. The van der Waals surface area contributed by atoms with Crippen LogP contribution in [-0.4, -0.2) is 40.7 Å². The first-order valence-electron chi connectivity index (χ1n) is 10.0. The number of ether oxygens (including phenoxy) is 1. The molecular formula is C22H23N3O5S. The average molecular weight is 442 g/mol. The van der Waals surface area contributed by atoms with Crippen molar-refractivity contribution in [2.75, 3.05) is 6.54 Å². The molecule has 2 aromatic heterocycles. The summed E-state index contributed by atoms with van der Waals surface area (Å²) in [6.07, 6.45) is 2.58. The number of carbonyl (C=O) groups is 1. The van der Waals surface area contributed by atoms with Crippen molar-refractivity contribution >= 4 is 21.6 Å². The second-order valence-electron chi connectivity index (χ2n) is 7.67. The summed E-state index contributed by atoms with van der Waals surface area (Å²) in [5, 5.41) is 0. The Hall–Kier alpha value is -3.04. The van der Waals surface area contributed by atoms with E-state index in [0.29, 0.717) is 24.2 Å². The lowest BCUT2D eigenvalue weighted by atomic mass is 10.2. The third kappa shape index (κ3) is 4.11. The topological polar surface area (TPSA) is 98.0 Å². The number of benzene rings is 1. The largest absolute Gasteiger partial charge is 0.458 e. The van der Waals surface area contributed by atoms with E-state index in [1.807, 2.05) is 19.9 Å². The monoisotopic (exact) mass is 441 g/mol. The first-order valence-corrected chi connectivity index (χ1v) is 11.4. The normalized spacial score (nSPS) is 17.2. The van der Waals surface area contributed by atoms with Gasteiger partial charge in [-0.15, -0.1) is 0 Å². The highest BCUT2D eigenvalue weighted by molar-refractivity contribution is 7.89. The summed E-state index contributed by atoms with van der Waals surface area (Å²) in [5.41, 5.74) is 2.30. The minimum absolute atomic E-state index is 0.150. The first kappa shape index (κ1) is 21.2. The van der Waals surface area contributed by atoms with Crippen molar-refractivity contribution < 1.29 is 17.9 Å². The van der Waals surface area contributed by atoms with Gasteiger partial charge in [0.2, 0.25) is 10.0 Å². The van der Waals surface area contributed by atoms with Gasteiger partial charge in [0.15, 0.2) is 0 Å². The van der Waals surface area contributed by atoms with Crippen LogP contribution in [0.1, 0.15) is 29.7 Å². The van der Waals surface area contributed by atoms with Crippen LogP contribution in [-0.2, 0) is 26.2 Å². The van der Waals surface area contributed by atoms with Crippen molar-refractivity contribution in [3.05, 3.63) is 75.8 Å². The number of aryl methyl sites for hydroxylation is 2. The van der Waals surface area contributed by atoms with E-state index in [2.05, 4.69) is 4.98 Å². The minimum Gasteiger partial charge on any atom is -0.458 e. The highest BCUT2D eigenvalue weighted by atomic mass is 32.2. The number of pyridine rings is 1. The number of esters is 1. The zero-order chi connectivity index (χ0) is 22.2. The highest BCUT2D eigenvalue weighted by Gasteiger charge is 2.40. The SMILES string of the molecule is Cc1ccc(S(=O)(=O)N2CCCC2C(=O)OCc2cc(=O)n3cccc(C)c3n2)cc1. The minimum atomic E-state index is -3.81. The second-order valence-corrected chi connectivity index (χ2v) is 9.56. The van der Waals surface area contributed by atoms with E-state index in [1.54, 1.807) is 36.5 Å².